The third-order valence-corrected chi connectivity index (χ3v) is 1.19. The van der Waals surface area contributed by atoms with Crippen LogP contribution in [-0.2, 0) is 9.09 Å². The predicted molar refractivity (Wildman–Crippen MR) is 38.3 cm³/mol. The largest absolute Gasteiger partial charge is 0.469 e. The first-order chi connectivity index (χ1) is 4.21. The monoisotopic (exact) mass is 228 g/mol. The van der Waals surface area contributed by atoms with Crippen molar-refractivity contribution in [2.75, 3.05) is 6.61 Å². The zero-order valence-electron chi connectivity index (χ0n) is 4.50. The number of hydrogen-bond acceptors (Lipinski definition) is 2. The Kier molecular flexibility index (Phi) is 3.94. The quantitative estimate of drug-likeness (QED) is 0.556. The lowest BCUT2D eigenvalue weighted by Crippen LogP contribution is -2.11. The van der Waals surface area contributed by atoms with E-state index in [-0.39, 0.29) is 0 Å². The summed E-state index contributed by atoms with van der Waals surface area (Å²) in [4.78, 5) is 16.2. The van der Waals surface area contributed by atoms with Crippen molar-refractivity contribution in [1.29, 1.82) is 0 Å². The highest BCUT2D eigenvalue weighted by molar-refractivity contribution is 7.46. The van der Waals surface area contributed by atoms with Crippen LogP contribution in [-0.4, -0.2) is 20.2 Å². The van der Waals surface area contributed by atoms with Crippen LogP contribution >= 0.6 is 42.6 Å². The molecule has 8 heteroatoms. The standard InChI is InChI=1S/C2H4Cl3O4P/c3-2(4,5)1-9-10(6,7)8/h1H2,(H2,6,7,8). The number of phosphoric ester groups is 1. The Morgan fingerprint density at radius 3 is 1.90 bits per heavy atom. The van der Waals surface area contributed by atoms with Crippen molar-refractivity contribution < 1.29 is 18.9 Å². The molecular weight excluding hydrogens is 225 g/mol. The summed E-state index contributed by atoms with van der Waals surface area (Å²) in [5.74, 6) is 0. The molecule has 0 rings (SSSR count). The van der Waals surface area contributed by atoms with Crippen LogP contribution in [0.25, 0.3) is 0 Å². The minimum Gasteiger partial charge on any atom is -0.303 e. The molecule has 0 atom stereocenters. The smallest absolute Gasteiger partial charge is 0.303 e. The molecular formula is C2H4Cl3O4P. The van der Waals surface area contributed by atoms with E-state index < -0.39 is 18.2 Å². The minimum absolute atomic E-state index is 0.637. The summed E-state index contributed by atoms with van der Waals surface area (Å²) in [5, 5.41) is 0. The SMILES string of the molecule is O=P(O)(O)OCC(Cl)(Cl)Cl. The minimum atomic E-state index is -4.52. The van der Waals surface area contributed by atoms with Gasteiger partial charge in [-0.2, -0.15) is 0 Å². The lowest BCUT2D eigenvalue weighted by atomic mass is 10.9. The summed E-state index contributed by atoms with van der Waals surface area (Å²) < 4.78 is 12.0. The maximum absolute atomic E-state index is 9.97. The topological polar surface area (TPSA) is 66.8 Å². The van der Waals surface area contributed by atoms with Crippen LogP contribution < -0.4 is 0 Å². The Bertz CT molecular complexity index is 147. The van der Waals surface area contributed by atoms with E-state index >= 15 is 0 Å². The van der Waals surface area contributed by atoms with E-state index in [1.54, 1.807) is 0 Å². The van der Waals surface area contributed by atoms with Gasteiger partial charge >= 0.3 is 7.82 Å². The number of alkyl halides is 3. The molecule has 0 bridgehead atoms. The van der Waals surface area contributed by atoms with Gasteiger partial charge in [0.25, 0.3) is 0 Å². The van der Waals surface area contributed by atoms with Gasteiger partial charge in [0.05, 0.1) is 0 Å². The second kappa shape index (κ2) is 3.59. The van der Waals surface area contributed by atoms with Gasteiger partial charge < -0.3 is 9.79 Å². The summed E-state index contributed by atoms with van der Waals surface area (Å²) >= 11 is 15.3. The Hall–Kier alpha value is 0.980. The highest BCUT2D eigenvalue weighted by atomic mass is 35.6. The van der Waals surface area contributed by atoms with E-state index in [0.717, 1.165) is 0 Å². The molecule has 62 valence electrons. The average Bonchev–Trinajstić information content (AvgIpc) is 1.57. The van der Waals surface area contributed by atoms with E-state index in [1.807, 2.05) is 0 Å². The molecule has 4 nitrogen and oxygen atoms in total. The molecule has 0 saturated heterocycles. The number of phosphoric acid groups is 1. The second-order valence-corrected chi connectivity index (χ2v) is 5.13. The summed E-state index contributed by atoms with van der Waals surface area (Å²) in [5.41, 5.74) is 0. The van der Waals surface area contributed by atoms with Gasteiger partial charge in [0, 0.05) is 0 Å². The first-order valence-corrected chi connectivity index (χ1v) is 4.64. The fourth-order valence-corrected chi connectivity index (χ4v) is 0.911. The van der Waals surface area contributed by atoms with Crippen molar-refractivity contribution in [2.24, 2.45) is 0 Å². The molecule has 0 unspecified atom stereocenters. The lowest BCUT2D eigenvalue weighted by Gasteiger charge is -2.10. The van der Waals surface area contributed by atoms with E-state index in [4.69, 9.17) is 44.6 Å². The van der Waals surface area contributed by atoms with Crippen LogP contribution in [0.3, 0.4) is 0 Å². The van der Waals surface area contributed by atoms with Crippen molar-refractivity contribution in [1.82, 2.24) is 0 Å². The molecule has 0 aromatic rings. The maximum Gasteiger partial charge on any atom is 0.469 e. The number of halogens is 3. The molecule has 0 spiro atoms. The normalized spacial score (nSPS) is 13.7. The van der Waals surface area contributed by atoms with Crippen LogP contribution in [0, 0.1) is 0 Å². The third-order valence-electron chi connectivity index (χ3n) is 0.396. The number of hydrogen-bond donors (Lipinski definition) is 2. The number of rotatable bonds is 2. The van der Waals surface area contributed by atoms with Gasteiger partial charge in [-0.25, -0.2) is 4.57 Å². The Labute approximate surface area is 72.3 Å². The Morgan fingerprint density at radius 1 is 1.40 bits per heavy atom. The van der Waals surface area contributed by atoms with Crippen molar-refractivity contribution in [3.05, 3.63) is 0 Å². The van der Waals surface area contributed by atoms with Crippen LogP contribution in [0.4, 0.5) is 0 Å². The molecule has 0 aliphatic carbocycles. The molecule has 2 N–H and O–H groups in total. The molecule has 0 aromatic carbocycles. The molecule has 10 heavy (non-hydrogen) atoms. The second-order valence-electron chi connectivity index (χ2n) is 1.38. The fourth-order valence-electron chi connectivity index (χ4n) is 0.157. The van der Waals surface area contributed by atoms with E-state index in [1.165, 1.54) is 0 Å². The first-order valence-electron chi connectivity index (χ1n) is 1.97. The van der Waals surface area contributed by atoms with Gasteiger partial charge in [-0.1, -0.05) is 34.8 Å². The third kappa shape index (κ3) is 8.98. The van der Waals surface area contributed by atoms with Crippen molar-refractivity contribution in [3.8, 4) is 0 Å². The highest BCUT2D eigenvalue weighted by Crippen LogP contribution is 2.39. The zero-order valence-corrected chi connectivity index (χ0v) is 7.66. The average molecular weight is 229 g/mol. The van der Waals surface area contributed by atoms with E-state index in [0.29, 0.717) is 0 Å². The van der Waals surface area contributed by atoms with Gasteiger partial charge in [0.1, 0.15) is 6.61 Å². The summed E-state index contributed by atoms with van der Waals surface area (Å²) in [7, 11) is -4.52. The molecule has 0 saturated carbocycles. The Morgan fingerprint density at radius 2 is 1.80 bits per heavy atom. The fraction of sp³-hybridized carbons (Fsp3) is 1.00. The summed E-state index contributed by atoms with van der Waals surface area (Å²) in [6.07, 6.45) is 0. The van der Waals surface area contributed by atoms with E-state index in [9.17, 15) is 4.57 Å². The zero-order chi connectivity index (χ0) is 8.41. The van der Waals surface area contributed by atoms with Crippen molar-refractivity contribution in [3.63, 3.8) is 0 Å². The molecule has 0 aliphatic heterocycles. The lowest BCUT2D eigenvalue weighted by molar-refractivity contribution is 0.200. The van der Waals surface area contributed by atoms with Gasteiger partial charge in [0.15, 0.2) is 0 Å². The molecule has 0 heterocycles. The van der Waals surface area contributed by atoms with Gasteiger partial charge in [-0.3, -0.25) is 4.52 Å². The van der Waals surface area contributed by atoms with Gasteiger partial charge in [-0.05, 0) is 0 Å². The molecule has 0 amide bonds. The van der Waals surface area contributed by atoms with Crippen LogP contribution in [0.5, 0.6) is 0 Å². The van der Waals surface area contributed by atoms with Crippen LogP contribution in [0.15, 0.2) is 0 Å². The summed E-state index contributed by atoms with van der Waals surface area (Å²) in [6.45, 7) is -0.637. The predicted octanol–water partition coefficient (Wildman–Crippen LogP) is 1.47. The molecule has 0 aliphatic rings. The van der Waals surface area contributed by atoms with E-state index in [2.05, 4.69) is 4.52 Å². The first kappa shape index (κ1) is 11.0. The van der Waals surface area contributed by atoms with Gasteiger partial charge in [0.2, 0.25) is 3.79 Å². The van der Waals surface area contributed by atoms with Crippen molar-refractivity contribution in [2.45, 2.75) is 3.79 Å². The maximum atomic E-state index is 9.97. The van der Waals surface area contributed by atoms with Crippen LogP contribution in [0.1, 0.15) is 0 Å². The highest BCUT2D eigenvalue weighted by Gasteiger charge is 2.25. The Balaban J connectivity index is 3.67. The van der Waals surface area contributed by atoms with Gasteiger partial charge in [-0.15, -0.1) is 0 Å². The molecule has 0 aromatic heterocycles. The molecule has 0 radical (unpaired) electrons. The van der Waals surface area contributed by atoms with Crippen molar-refractivity contribution >= 4 is 42.6 Å². The van der Waals surface area contributed by atoms with Crippen LogP contribution in [0.2, 0.25) is 0 Å². The summed E-state index contributed by atoms with van der Waals surface area (Å²) in [6, 6.07) is 0. The molecule has 0 fully saturated rings.